The van der Waals surface area contributed by atoms with E-state index < -0.39 is 0 Å². The van der Waals surface area contributed by atoms with Crippen LogP contribution < -0.4 is 11.3 Å². The van der Waals surface area contributed by atoms with E-state index in [0.717, 1.165) is 26.1 Å². The molecule has 5 heteroatoms. The van der Waals surface area contributed by atoms with Crippen LogP contribution in [-0.2, 0) is 11.3 Å². The highest BCUT2D eigenvalue weighted by Crippen LogP contribution is 2.12. The fraction of sp³-hybridized carbons (Fsp3) is 0.643. The Kier molecular flexibility index (Phi) is 4.99. The summed E-state index contributed by atoms with van der Waals surface area (Å²) in [6.45, 7) is 3.55. The molecule has 106 valence electrons. The summed E-state index contributed by atoms with van der Waals surface area (Å²) in [7, 11) is 2.10. The molecule has 2 rings (SSSR count). The maximum atomic E-state index is 11.6. The molecule has 2 heterocycles. The van der Waals surface area contributed by atoms with Gasteiger partial charge in [0.05, 0.1) is 6.10 Å². The Morgan fingerprint density at radius 3 is 3.11 bits per heavy atom. The number of pyridine rings is 1. The number of hydrogen-bond donors (Lipinski definition) is 1. The SMILES string of the molecule is CN(CCCn1cc(N)ccc1=O)CC1CCCO1. The Labute approximate surface area is 114 Å². The molecule has 1 aliphatic heterocycles. The van der Waals surface area contributed by atoms with E-state index in [1.807, 2.05) is 0 Å². The van der Waals surface area contributed by atoms with E-state index in [-0.39, 0.29) is 5.56 Å². The number of nitrogen functional groups attached to an aromatic ring is 1. The molecule has 5 nitrogen and oxygen atoms in total. The molecule has 1 saturated heterocycles. The van der Waals surface area contributed by atoms with Crippen molar-refractivity contribution in [3.8, 4) is 0 Å². The fourth-order valence-electron chi connectivity index (χ4n) is 2.46. The zero-order valence-corrected chi connectivity index (χ0v) is 11.5. The van der Waals surface area contributed by atoms with E-state index in [1.54, 1.807) is 16.8 Å². The van der Waals surface area contributed by atoms with Gasteiger partial charge in [-0.15, -0.1) is 0 Å². The van der Waals surface area contributed by atoms with Gasteiger partial charge >= 0.3 is 0 Å². The molecule has 0 bridgehead atoms. The summed E-state index contributed by atoms with van der Waals surface area (Å²) in [5, 5.41) is 0. The number of ether oxygens (including phenoxy) is 1. The summed E-state index contributed by atoms with van der Waals surface area (Å²) in [4.78, 5) is 13.9. The molecule has 1 aromatic rings. The van der Waals surface area contributed by atoms with E-state index in [2.05, 4.69) is 11.9 Å². The summed E-state index contributed by atoms with van der Waals surface area (Å²) < 4.78 is 7.29. The minimum atomic E-state index is 0.0102. The highest BCUT2D eigenvalue weighted by Gasteiger charge is 2.16. The third-order valence-corrected chi connectivity index (χ3v) is 3.48. The smallest absolute Gasteiger partial charge is 0.250 e. The highest BCUT2D eigenvalue weighted by atomic mass is 16.5. The third kappa shape index (κ3) is 4.36. The van der Waals surface area contributed by atoms with Gasteiger partial charge < -0.3 is 19.9 Å². The van der Waals surface area contributed by atoms with Crippen LogP contribution in [0.2, 0.25) is 0 Å². The van der Waals surface area contributed by atoms with Crippen LogP contribution in [0.25, 0.3) is 0 Å². The number of aryl methyl sites for hydroxylation is 1. The van der Waals surface area contributed by atoms with Gasteiger partial charge in [0.15, 0.2) is 0 Å². The molecule has 1 fully saturated rings. The number of rotatable bonds is 6. The monoisotopic (exact) mass is 265 g/mol. The van der Waals surface area contributed by atoms with Crippen LogP contribution in [0.15, 0.2) is 23.1 Å². The Hall–Kier alpha value is -1.33. The topological polar surface area (TPSA) is 60.5 Å². The Morgan fingerprint density at radius 1 is 1.53 bits per heavy atom. The number of aromatic nitrogens is 1. The van der Waals surface area contributed by atoms with Crippen molar-refractivity contribution in [2.75, 3.05) is 32.5 Å². The largest absolute Gasteiger partial charge is 0.398 e. The van der Waals surface area contributed by atoms with Gasteiger partial charge in [0.25, 0.3) is 5.56 Å². The Bertz CT molecular complexity index is 452. The van der Waals surface area contributed by atoms with Crippen molar-refractivity contribution in [2.24, 2.45) is 0 Å². The van der Waals surface area contributed by atoms with Crippen LogP contribution in [0.3, 0.4) is 0 Å². The summed E-state index contributed by atoms with van der Waals surface area (Å²) in [5.41, 5.74) is 6.32. The molecule has 0 aromatic carbocycles. The molecular weight excluding hydrogens is 242 g/mol. The Balaban J connectivity index is 1.73. The van der Waals surface area contributed by atoms with Gasteiger partial charge in [0.1, 0.15) is 0 Å². The van der Waals surface area contributed by atoms with Crippen molar-refractivity contribution in [3.63, 3.8) is 0 Å². The number of hydrogen-bond acceptors (Lipinski definition) is 4. The molecule has 1 aromatic heterocycles. The average molecular weight is 265 g/mol. The first kappa shape index (κ1) is 14.1. The molecule has 0 spiro atoms. The first-order valence-corrected chi connectivity index (χ1v) is 6.91. The van der Waals surface area contributed by atoms with Crippen molar-refractivity contribution in [1.82, 2.24) is 9.47 Å². The van der Waals surface area contributed by atoms with Crippen molar-refractivity contribution in [3.05, 3.63) is 28.7 Å². The van der Waals surface area contributed by atoms with Crippen LogP contribution in [0.1, 0.15) is 19.3 Å². The van der Waals surface area contributed by atoms with Crippen molar-refractivity contribution >= 4 is 5.69 Å². The van der Waals surface area contributed by atoms with Gasteiger partial charge in [0, 0.05) is 37.6 Å². The second-order valence-electron chi connectivity index (χ2n) is 5.24. The molecule has 0 radical (unpaired) electrons. The number of anilines is 1. The normalized spacial score (nSPS) is 19.2. The van der Waals surface area contributed by atoms with Crippen LogP contribution in [0.4, 0.5) is 5.69 Å². The number of nitrogens with two attached hydrogens (primary N) is 1. The molecule has 1 atom stereocenters. The van der Waals surface area contributed by atoms with Crippen LogP contribution in [0, 0.1) is 0 Å². The Morgan fingerprint density at radius 2 is 2.37 bits per heavy atom. The zero-order valence-electron chi connectivity index (χ0n) is 11.5. The fourth-order valence-corrected chi connectivity index (χ4v) is 2.46. The predicted octanol–water partition coefficient (Wildman–Crippen LogP) is 0.931. The van der Waals surface area contributed by atoms with Crippen molar-refractivity contribution < 1.29 is 4.74 Å². The molecule has 0 amide bonds. The van der Waals surface area contributed by atoms with Gasteiger partial charge in [0.2, 0.25) is 0 Å². The van der Waals surface area contributed by atoms with E-state index in [9.17, 15) is 4.79 Å². The maximum Gasteiger partial charge on any atom is 0.250 e. The first-order chi connectivity index (χ1) is 9.15. The lowest BCUT2D eigenvalue weighted by Crippen LogP contribution is -2.30. The quantitative estimate of drug-likeness (QED) is 0.831. The van der Waals surface area contributed by atoms with Crippen LogP contribution in [-0.4, -0.2) is 42.3 Å². The molecule has 19 heavy (non-hydrogen) atoms. The maximum absolute atomic E-state index is 11.6. The van der Waals surface area contributed by atoms with E-state index in [4.69, 9.17) is 10.5 Å². The van der Waals surface area contributed by atoms with Gasteiger partial charge in [-0.2, -0.15) is 0 Å². The minimum Gasteiger partial charge on any atom is -0.398 e. The molecule has 1 unspecified atom stereocenters. The number of nitrogens with zero attached hydrogens (tertiary/aromatic N) is 2. The van der Waals surface area contributed by atoms with Gasteiger partial charge in [-0.3, -0.25) is 4.79 Å². The second kappa shape index (κ2) is 6.73. The van der Waals surface area contributed by atoms with Crippen molar-refractivity contribution in [2.45, 2.75) is 31.9 Å². The molecule has 2 N–H and O–H groups in total. The average Bonchev–Trinajstić information content (AvgIpc) is 2.86. The number of likely N-dealkylation sites (N-methyl/N-ethyl adjacent to an activating group) is 1. The van der Waals surface area contributed by atoms with Gasteiger partial charge in [-0.1, -0.05) is 0 Å². The lowest BCUT2D eigenvalue weighted by molar-refractivity contribution is 0.0806. The standard InChI is InChI=1S/C14H23N3O2/c1-16(11-13-4-2-9-19-13)7-3-8-17-10-12(15)5-6-14(17)18/h5-6,10,13H,2-4,7-9,11,15H2,1H3. The molecule has 0 aliphatic carbocycles. The third-order valence-electron chi connectivity index (χ3n) is 3.48. The summed E-state index contributed by atoms with van der Waals surface area (Å²) >= 11 is 0. The van der Waals surface area contributed by atoms with Gasteiger partial charge in [-0.05, 0) is 38.9 Å². The van der Waals surface area contributed by atoms with Crippen LogP contribution >= 0.6 is 0 Å². The highest BCUT2D eigenvalue weighted by molar-refractivity contribution is 5.33. The van der Waals surface area contributed by atoms with E-state index in [0.29, 0.717) is 18.3 Å². The first-order valence-electron chi connectivity index (χ1n) is 6.91. The summed E-state index contributed by atoms with van der Waals surface area (Å²) in [6, 6.07) is 3.16. The van der Waals surface area contributed by atoms with Gasteiger partial charge in [-0.25, -0.2) is 0 Å². The lowest BCUT2D eigenvalue weighted by atomic mass is 10.2. The summed E-state index contributed by atoms with van der Waals surface area (Å²) in [6.07, 6.45) is 5.38. The van der Waals surface area contributed by atoms with Crippen LogP contribution in [0.5, 0.6) is 0 Å². The lowest BCUT2D eigenvalue weighted by Gasteiger charge is -2.20. The summed E-state index contributed by atoms with van der Waals surface area (Å²) in [5.74, 6) is 0. The molecule has 0 saturated carbocycles. The van der Waals surface area contributed by atoms with E-state index >= 15 is 0 Å². The minimum absolute atomic E-state index is 0.0102. The molecular formula is C14H23N3O2. The second-order valence-corrected chi connectivity index (χ2v) is 5.24. The van der Waals surface area contributed by atoms with E-state index in [1.165, 1.54) is 18.9 Å². The van der Waals surface area contributed by atoms with Crippen molar-refractivity contribution in [1.29, 1.82) is 0 Å². The zero-order chi connectivity index (χ0) is 13.7. The predicted molar refractivity (Wildman–Crippen MR) is 76.2 cm³/mol. The molecule has 1 aliphatic rings.